The van der Waals surface area contributed by atoms with Gasteiger partial charge in [0.15, 0.2) is 11.5 Å². The van der Waals surface area contributed by atoms with Crippen LogP contribution in [0.4, 0.5) is 5.69 Å². The Kier molecular flexibility index (Phi) is 3.87. The minimum atomic E-state index is -0.0620. The molecule has 0 saturated carbocycles. The van der Waals surface area contributed by atoms with E-state index in [2.05, 4.69) is 20.5 Å². The molecule has 0 aliphatic heterocycles. The maximum atomic E-state index is 12.6. The van der Waals surface area contributed by atoms with E-state index in [9.17, 15) is 4.79 Å². The molecule has 0 spiro atoms. The van der Waals surface area contributed by atoms with Crippen LogP contribution in [0.3, 0.4) is 0 Å². The van der Waals surface area contributed by atoms with Crippen LogP contribution in [0.2, 0.25) is 0 Å². The van der Waals surface area contributed by atoms with Crippen molar-refractivity contribution in [2.45, 2.75) is 6.42 Å². The lowest BCUT2D eigenvalue weighted by Crippen LogP contribution is -2.14. The van der Waals surface area contributed by atoms with Crippen LogP contribution in [-0.4, -0.2) is 25.5 Å². The lowest BCUT2D eigenvalue weighted by atomic mass is 10.1. The summed E-state index contributed by atoms with van der Waals surface area (Å²) >= 11 is 0. The molecule has 5 rings (SSSR count). The number of aromatic amines is 1. The van der Waals surface area contributed by atoms with Gasteiger partial charge in [-0.15, -0.1) is 10.2 Å². The third kappa shape index (κ3) is 2.91. The van der Waals surface area contributed by atoms with E-state index in [0.29, 0.717) is 6.42 Å². The summed E-state index contributed by atoms with van der Waals surface area (Å²) in [5.41, 5.74) is 4.42. The number of amides is 1. The predicted molar refractivity (Wildman–Crippen MR) is 109 cm³/mol. The summed E-state index contributed by atoms with van der Waals surface area (Å²) in [6.07, 6.45) is 4.12. The predicted octanol–water partition coefficient (Wildman–Crippen LogP) is 4.06. The van der Waals surface area contributed by atoms with Gasteiger partial charge in [-0.05, 0) is 35.9 Å². The van der Waals surface area contributed by atoms with Crippen LogP contribution in [0, 0.1) is 0 Å². The number of benzene rings is 2. The van der Waals surface area contributed by atoms with E-state index in [1.807, 2.05) is 83.5 Å². The molecule has 0 radical (unpaired) electrons. The van der Waals surface area contributed by atoms with Crippen LogP contribution >= 0.6 is 0 Å². The zero-order chi connectivity index (χ0) is 18.9. The number of hydrogen-bond acceptors (Lipinski definition) is 3. The lowest BCUT2D eigenvalue weighted by Gasteiger charge is -2.07. The first-order chi connectivity index (χ1) is 13.8. The smallest absolute Gasteiger partial charge is 0.228 e. The average molecular weight is 367 g/mol. The molecule has 3 aromatic heterocycles. The minimum absolute atomic E-state index is 0.0620. The van der Waals surface area contributed by atoms with Crippen molar-refractivity contribution < 1.29 is 4.79 Å². The lowest BCUT2D eigenvalue weighted by molar-refractivity contribution is -0.115. The molecule has 0 saturated heterocycles. The highest BCUT2D eigenvalue weighted by Crippen LogP contribution is 2.23. The fourth-order valence-corrected chi connectivity index (χ4v) is 3.43. The van der Waals surface area contributed by atoms with Gasteiger partial charge in [0.1, 0.15) is 0 Å². The number of carbonyl (C=O) groups is 1. The second-order valence-corrected chi connectivity index (χ2v) is 6.62. The van der Waals surface area contributed by atoms with Crippen LogP contribution in [0.15, 0.2) is 79.1 Å². The summed E-state index contributed by atoms with van der Waals surface area (Å²) in [6, 6.07) is 21.4. The first-order valence-corrected chi connectivity index (χ1v) is 9.03. The van der Waals surface area contributed by atoms with E-state index >= 15 is 0 Å². The highest BCUT2D eigenvalue weighted by molar-refractivity contribution is 5.96. The van der Waals surface area contributed by atoms with Gasteiger partial charge in [0, 0.05) is 34.5 Å². The Morgan fingerprint density at radius 2 is 1.89 bits per heavy atom. The Morgan fingerprint density at radius 3 is 2.86 bits per heavy atom. The molecule has 6 heteroatoms. The molecule has 1 amide bonds. The number of fused-ring (bicyclic) bond motifs is 2. The first-order valence-electron chi connectivity index (χ1n) is 9.03. The summed E-state index contributed by atoms with van der Waals surface area (Å²) in [4.78, 5) is 15.8. The molecular weight excluding hydrogens is 350 g/mol. The van der Waals surface area contributed by atoms with Crippen LogP contribution < -0.4 is 5.32 Å². The molecule has 6 nitrogen and oxygen atoms in total. The summed E-state index contributed by atoms with van der Waals surface area (Å²) < 4.78 is 1.92. The number of anilines is 1. The third-order valence-corrected chi connectivity index (χ3v) is 4.74. The fraction of sp³-hybridized carbons (Fsp3) is 0.0455. The molecule has 2 aromatic carbocycles. The summed E-state index contributed by atoms with van der Waals surface area (Å²) in [5.74, 6) is 0.677. The maximum absolute atomic E-state index is 12.6. The topological polar surface area (TPSA) is 75.1 Å². The van der Waals surface area contributed by atoms with Gasteiger partial charge in [-0.3, -0.25) is 9.20 Å². The number of para-hydroxylation sites is 1. The van der Waals surface area contributed by atoms with Gasteiger partial charge in [-0.25, -0.2) is 0 Å². The summed E-state index contributed by atoms with van der Waals surface area (Å²) in [5, 5.41) is 12.5. The van der Waals surface area contributed by atoms with Gasteiger partial charge in [-0.1, -0.05) is 36.4 Å². The SMILES string of the molecule is O=C(Cc1c[nH]c2ccccc12)Nc1cccc(-c2nnc3ccccn23)c1. The van der Waals surface area contributed by atoms with E-state index in [1.54, 1.807) is 0 Å². The van der Waals surface area contributed by atoms with E-state index in [1.165, 1.54) is 0 Å². The molecule has 0 aliphatic carbocycles. The number of H-pyrrole nitrogens is 1. The zero-order valence-corrected chi connectivity index (χ0v) is 15.0. The van der Waals surface area contributed by atoms with Crippen molar-refractivity contribution in [2.75, 3.05) is 5.32 Å². The Morgan fingerprint density at radius 1 is 1.00 bits per heavy atom. The quantitative estimate of drug-likeness (QED) is 0.503. The molecule has 0 unspecified atom stereocenters. The molecule has 2 N–H and O–H groups in total. The van der Waals surface area contributed by atoms with Crippen molar-refractivity contribution in [1.29, 1.82) is 0 Å². The van der Waals surface area contributed by atoms with Crippen molar-refractivity contribution in [2.24, 2.45) is 0 Å². The van der Waals surface area contributed by atoms with Crippen LogP contribution in [0.1, 0.15) is 5.56 Å². The second kappa shape index (κ2) is 6.66. The Bertz CT molecular complexity index is 1300. The largest absolute Gasteiger partial charge is 0.361 e. The second-order valence-electron chi connectivity index (χ2n) is 6.62. The van der Waals surface area contributed by atoms with Crippen molar-refractivity contribution in [3.63, 3.8) is 0 Å². The number of hydrogen-bond donors (Lipinski definition) is 2. The number of carbonyl (C=O) groups excluding carboxylic acids is 1. The van der Waals surface area contributed by atoms with E-state index in [4.69, 9.17) is 0 Å². The molecule has 3 heterocycles. The molecule has 0 atom stereocenters. The van der Waals surface area contributed by atoms with Crippen LogP contribution in [0.25, 0.3) is 27.9 Å². The van der Waals surface area contributed by atoms with Gasteiger partial charge in [0.2, 0.25) is 5.91 Å². The molecule has 0 aliphatic rings. The number of nitrogens with zero attached hydrogens (tertiary/aromatic N) is 3. The molecule has 0 bridgehead atoms. The van der Waals surface area contributed by atoms with Crippen molar-refractivity contribution >= 4 is 28.1 Å². The number of aromatic nitrogens is 4. The van der Waals surface area contributed by atoms with Gasteiger partial charge in [-0.2, -0.15) is 0 Å². The van der Waals surface area contributed by atoms with Gasteiger partial charge in [0.05, 0.1) is 6.42 Å². The van der Waals surface area contributed by atoms with Crippen molar-refractivity contribution in [1.82, 2.24) is 19.6 Å². The van der Waals surface area contributed by atoms with Gasteiger partial charge < -0.3 is 10.3 Å². The molecule has 5 aromatic rings. The number of nitrogens with one attached hydrogen (secondary N) is 2. The molecular formula is C22H17N5O. The van der Waals surface area contributed by atoms with Crippen molar-refractivity contribution in [3.8, 4) is 11.4 Å². The minimum Gasteiger partial charge on any atom is -0.361 e. The molecule has 28 heavy (non-hydrogen) atoms. The van der Waals surface area contributed by atoms with Crippen LogP contribution in [-0.2, 0) is 11.2 Å². The Hall–Kier alpha value is -3.93. The average Bonchev–Trinajstić information content (AvgIpc) is 3.33. The summed E-state index contributed by atoms with van der Waals surface area (Å²) in [6.45, 7) is 0. The Labute approximate surface area is 160 Å². The number of rotatable bonds is 4. The fourth-order valence-electron chi connectivity index (χ4n) is 3.43. The Balaban J connectivity index is 1.38. The number of pyridine rings is 1. The van der Waals surface area contributed by atoms with Gasteiger partial charge in [0.25, 0.3) is 0 Å². The standard InChI is InChI=1S/C22H17N5O/c28-21(13-16-14-23-19-9-2-1-8-18(16)19)24-17-7-5-6-15(12-17)22-26-25-20-10-3-4-11-27(20)22/h1-12,14,23H,13H2,(H,24,28). The monoisotopic (exact) mass is 367 g/mol. The maximum Gasteiger partial charge on any atom is 0.228 e. The molecule has 136 valence electrons. The van der Waals surface area contributed by atoms with E-state index < -0.39 is 0 Å². The van der Waals surface area contributed by atoms with Crippen LogP contribution in [0.5, 0.6) is 0 Å². The van der Waals surface area contributed by atoms with Gasteiger partial charge >= 0.3 is 0 Å². The van der Waals surface area contributed by atoms with Crippen molar-refractivity contribution in [3.05, 3.63) is 84.7 Å². The van der Waals surface area contributed by atoms with E-state index in [0.717, 1.165) is 39.2 Å². The first kappa shape index (κ1) is 16.3. The normalized spacial score (nSPS) is 11.1. The van der Waals surface area contributed by atoms with E-state index in [-0.39, 0.29) is 5.91 Å². The highest BCUT2D eigenvalue weighted by Gasteiger charge is 2.11. The molecule has 0 fully saturated rings. The summed E-state index contributed by atoms with van der Waals surface area (Å²) in [7, 11) is 0. The third-order valence-electron chi connectivity index (χ3n) is 4.74. The highest BCUT2D eigenvalue weighted by atomic mass is 16.1. The zero-order valence-electron chi connectivity index (χ0n) is 15.0.